The molecular formula is C22H20Cl2N6O4. The van der Waals surface area contributed by atoms with Crippen molar-refractivity contribution in [3.05, 3.63) is 68.4 Å². The SMILES string of the molecule is O=[N+]([O-])c1c(Nc2cc(Cl)ccc2Cl)ncnc1N1CCN(Cc2ccc3c(c2)OCO3)CC1. The number of nitrogens with zero attached hydrogens (tertiary/aromatic N) is 5. The molecule has 0 aliphatic carbocycles. The Bertz CT molecular complexity index is 1240. The number of halogens is 2. The van der Waals surface area contributed by atoms with E-state index < -0.39 is 4.92 Å². The fourth-order valence-corrected chi connectivity index (χ4v) is 4.33. The molecule has 3 aromatic rings. The Kier molecular flexibility index (Phi) is 6.27. The summed E-state index contributed by atoms with van der Waals surface area (Å²) in [6.07, 6.45) is 1.31. The molecule has 2 aliphatic heterocycles. The summed E-state index contributed by atoms with van der Waals surface area (Å²) in [6, 6.07) is 10.8. The largest absolute Gasteiger partial charge is 0.454 e. The zero-order chi connectivity index (χ0) is 23.7. The van der Waals surface area contributed by atoms with E-state index in [1.807, 2.05) is 23.1 Å². The number of hydrogen-bond donors (Lipinski definition) is 1. The molecule has 0 bridgehead atoms. The Labute approximate surface area is 205 Å². The summed E-state index contributed by atoms with van der Waals surface area (Å²) < 4.78 is 10.8. The van der Waals surface area contributed by atoms with Crippen LogP contribution in [0.4, 0.5) is 23.0 Å². The van der Waals surface area contributed by atoms with Crippen LogP contribution in [0.1, 0.15) is 5.56 Å². The molecule has 0 saturated carbocycles. The summed E-state index contributed by atoms with van der Waals surface area (Å²) in [4.78, 5) is 24.0. The zero-order valence-electron chi connectivity index (χ0n) is 17.9. The molecule has 3 heterocycles. The van der Waals surface area contributed by atoms with Crippen LogP contribution in [0.25, 0.3) is 0 Å². The average molecular weight is 503 g/mol. The van der Waals surface area contributed by atoms with Crippen LogP contribution in [0, 0.1) is 10.1 Å². The zero-order valence-corrected chi connectivity index (χ0v) is 19.4. The summed E-state index contributed by atoms with van der Waals surface area (Å²) in [5, 5.41) is 15.7. The maximum atomic E-state index is 12.0. The van der Waals surface area contributed by atoms with E-state index >= 15 is 0 Å². The second-order valence-electron chi connectivity index (χ2n) is 7.85. The van der Waals surface area contributed by atoms with Gasteiger partial charge in [-0.15, -0.1) is 0 Å². The Balaban J connectivity index is 1.31. The second kappa shape index (κ2) is 9.49. The van der Waals surface area contributed by atoms with Crippen molar-refractivity contribution in [1.29, 1.82) is 0 Å². The summed E-state index contributed by atoms with van der Waals surface area (Å²) in [5.74, 6) is 1.84. The number of nitrogens with one attached hydrogen (secondary N) is 1. The van der Waals surface area contributed by atoms with Gasteiger partial charge >= 0.3 is 5.69 Å². The number of hydrogen-bond acceptors (Lipinski definition) is 9. The summed E-state index contributed by atoms with van der Waals surface area (Å²) in [7, 11) is 0. The van der Waals surface area contributed by atoms with Gasteiger partial charge in [0.1, 0.15) is 6.33 Å². The van der Waals surface area contributed by atoms with Crippen LogP contribution in [-0.2, 0) is 6.54 Å². The molecule has 2 aliphatic rings. The number of nitro groups is 1. The van der Waals surface area contributed by atoms with Gasteiger partial charge in [-0.3, -0.25) is 15.0 Å². The number of fused-ring (bicyclic) bond motifs is 1. The number of aromatic nitrogens is 2. The summed E-state index contributed by atoms with van der Waals surface area (Å²) >= 11 is 12.3. The van der Waals surface area contributed by atoms with Crippen molar-refractivity contribution in [2.75, 3.05) is 43.2 Å². The van der Waals surface area contributed by atoms with Gasteiger partial charge in [0, 0.05) is 37.7 Å². The number of ether oxygens (including phenoxy) is 2. The van der Waals surface area contributed by atoms with Crippen LogP contribution in [0.2, 0.25) is 10.0 Å². The quantitative estimate of drug-likeness (QED) is 0.385. The van der Waals surface area contributed by atoms with Crippen molar-refractivity contribution < 1.29 is 14.4 Å². The fraction of sp³-hybridized carbons (Fsp3) is 0.273. The Morgan fingerprint density at radius 2 is 1.82 bits per heavy atom. The van der Waals surface area contributed by atoms with Crippen LogP contribution >= 0.6 is 23.2 Å². The molecule has 1 saturated heterocycles. The van der Waals surface area contributed by atoms with E-state index in [1.165, 1.54) is 6.33 Å². The van der Waals surface area contributed by atoms with Crippen molar-refractivity contribution in [3.63, 3.8) is 0 Å². The molecule has 34 heavy (non-hydrogen) atoms. The van der Waals surface area contributed by atoms with Gasteiger partial charge in [0.15, 0.2) is 11.5 Å². The van der Waals surface area contributed by atoms with Crippen LogP contribution < -0.4 is 19.7 Å². The lowest BCUT2D eigenvalue weighted by atomic mass is 10.1. The van der Waals surface area contributed by atoms with E-state index in [2.05, 4.69) is 20.2 Å². The normalized spacial score (nSPS) is 15.4. The third-order valence-electron chi connectivity index (χ3n) is 5.68. The molecule has 1 fully saturated rings. The molecule has 10 nitrogen and oxygen atoms in total. The molecule has 12 heteroatoms. The summed E-state index contributed by atoms with van der Waals surface area (Å²) in [5.41, 5.74) is 1.34. The van der Waals surface area contributed by atoms with Crippen molar-refractivity contribution in [2.24, 2.45) is 0 Å². The highest BCUT2D eigenvalue weighted by molar-refractivity contribution is 6.35. The van der Waals surface area contributed by atoms with Gasteiger partial charge in [-0.2, -0.15) is 0 Å². The Morgan fingerprint density at radius 1 is 1.03 bits per heavy atom. The van der Waals surface area contributed by atoms with E-state index in [0.717, 1.165) is 36.7 Å². The first-order valence-corrected chi connectivity index (χ1v) is 11.3. The van der Waals surface area contributed by atoms with E-state index in [1.54, 1.807) is 18.2 Å². The lowest BCUT2D eigenvalue weighted by Crippen LogP contribution is -2.46. The molecule has 1 N–H and O–H groups in total. The first-order chi connectivity index (χ1) is 16.5. The maximum absolute atomic E-state index is 12.0. The molecule has 0 unspecified atom stereocenters. The topological polar surface area (TPSA) is 106 Å². The van der Waals surface area contributed by atoms with Gasteiger partial charge in [0.25, 0.3) is 0 Å². The minimum atomic E-state index is -0.477. The second-order valence-corrected chi connectivity index (χ2v) is 8.70. The standard InChI is InChI=1S/C22H20Cl2N6O4/c23-15-2-3-16(24)17(10-15)27-21-20(30(31)32)22(26-12-25-21)29-7-5-28(6-8-29)11-14-1-4-18-19(9-14)34-13-33-18/h1-4,9-10,12H,5-8,11,13H2,(H,25,26,27). The van der Waals surface area contributed by atoms with Crippen molar-refractivity contribution in [3.8, 4) is 11.5 Å². The highest BCUT2D eigenvalue weighted by Gasteiger charge is 2.30. The number of benzene rings is 2. The predicted octanol–water partition coefficient (Wildman–Crippen LogP) is 4.49. The smallest absolute Gasteiger partial charge is 0.353 e. The first-order valence-electron chi connectivity index (χ1n) is 10.6. The molecule has 5 rings (SSSR count). The highest BCUT2D eigenvalue weighted by Crippen LogP contribution is 2.37. The van der Waals surface area contributed by atoms with Crippen molar-refractivity contribution >= 4 is 46.2 Å². The predicted molar refractivity (Wildman–Crippen MR) is 128 cm³/mol. The lowest BCUT2D eigenvalue weighted by Gasteiger charge is -2.35. The van der Waals surface area contributed by atoms with E-state index in [-0.39, 0.29) is 24.1 Å². The molecule has 0 radical (unpaired) electrons. The van der Waals surface area contributed by atoms with Crippen LogP contribution in [-0.4, -0.2) is 52.8 Å². The molecule has 0 amide bonds. The lowest BCUT2D eigenvalue weighted by molar-refractivity contribution is -0.383. The number of anilines is 3. The number of rotatable bonds is 6. The minimum Gasteiger partial charge on any atom is -0.454 e. The number of piperazine rings is 1. The molecule has 0 spiro atoms. The molecule has 0 atom stereocenters. The molecule has 2 aromatic carbocycles. The van der Waals surface area contributed by atoms with Gasteiger partial charge in [0.2, 0.25) is 18.4 Å². The minimum absolute atomic E-state index is 0.0574. The van der Waals surface area contributed by atoms with Crippen LogP contribution in [0.15, 0.2) is 42.7 Å². The van der Waals surface area contributed by atoms with Crippen LogP contribution in [0.3, 0.4) is 0 Å². The first kappa shape index (κ1) is 22.5. The highest BCUT2D eigenvalue weighted by atomic mass is 35.5. The van der Waals surface area contributed by atoms with Gasteiger partial charge in [-0.05, 0) is 35.9 Å². The Hall–Kier alpha value is -3.34. The molecule has 1 aromatic heterocycles. The molecular weight excluding hydrogens is 483 g/mol. The van der Waals surface area contributed by atoms with Gasteiger partial charge in [-0.1, -0.05) is 29.3 Å². The monoisotopic (exact) mass is 502 g/mol. The van der Waals surface area contributed by atoms with Crippen molar-refractivity contribution in [1.82, 2.24) is 14.9 Å². The van der Waals surface area contributed by atoms with Crippen molar-refractivity contribution in [2.45, 2.75) is 6.54 Å². The van der Waals surface area contributed by atoms with E-state index in [4.69, 9.17) is 32.7 Å². The van der Waals surface area contributed by atoms with Crippen LogP contribution in [0.5, 0.6) is 11.5 Å². The fourth-order valence-electron chi connectivity index (χ4n) is 4.00. The van der Waals surface area contributed by atoms with Gasteiger partial charge in [0.05, 0.1) is 15.6 Å². The van der Waals surface area contributed by atoms with E-state index in [0.29, 0.717) is 28.8 Å². The Morgan fingerprint density at radius 3 is 2.62 bits per heavy atom. The van der Waals surface area contributed by atoms with Gasteiger partial charge in [-0.25, -0.2) is 9.97 Å². The van der Waals surface area contributed by atoms with Gasteiger partial charge < -0.3 is 19.7 Å². The molecule has 176 valence electrons. The summed E-state index contributed by atoms with van der Waals surface area (Å²) in [6.45, 7) is 3.60. The third kappa shape index (κ3) is 4.65. The average Bonchev–Trinajstić information content (AvgIpc) is 3.30. The third-order valence-corrected chi connectivity index (χ3v) is 6.25. The maximum Gasteiger partial charge on any atom is 0.353 e. The van der Waals surface area contributed by atoms with E-state index in [9.17, 15) is 10.1 Å².